The van der Waals surface area contributed by atoms with Gasteiger partial charge >= 0.3 is 6.18 Å². The maximum absolute atomic E-state index is 12.0. The number of aliphatic hydroxyl groups is 2. The molecule has 6 heteroatoms. The SMILES string of the molecule is C=CCCC(O)CN(C)CC(O)C(F)(F)F. The zero-order valence-electron chi connectivity index (χ0n) is 9.24. The van der Waals surface area contributed by atoms with Crippen LogP contribution in [-0.4, -0.2) is 53.6 Å². The molecule has 0 amide bonds. The zero-order chi connectivity index (χ0) is 12.8. The Balaban J connectivity index is 3.89. The maximum Gasteiger partial charge on any atom is 0.415 e. The van der Waals surface area contributed by atoms with Crippen LogP contribution in [0.3, 0.4) is 0 Å². The van der Waals surface area contributed by atoms with Crippen molar-refractivity contribution in [3.63, 3.8) is 0 Å². The van der Waals surface area contributed by atoms with Crippen LogP contribution >= 0.6 is 0 Å². The molecule has 0 aliphatic heterocycles. The molecule has 3 nitrogen and oxygen atoms in total. The summed E-state index contributed by atoms with van der Waals surface area (Å²) in [5, 5.41) is 18.2. The Morgan fingerprint density at radius 3 is 2.31 bits per heavy atom. The number of halogens is 3. The molecular formula is C10H18F3NO2. The van der Waals surface area contributed by atoms with Gasteiger partial charge in [-0.05, 0) is 19.9 Å². The summed E-state index contributed by atoms with van der Waals surface area (Å²) < 4.78 is 36.0. The number of alkyl halides is 3. The van der Waals surface area contributed by atoms with E-state index in [1.165, 1.54) is 11.9 Å². The minimum absolute atomic E-state index is 0.0982. The van der Waals surface area contributed by atoms with Crippen molar-refractivity contribution >= 4 is 0 Å². The molecule has 0 radical (unpaired) electrons. The highest BCUT2D eigenvalue weighted by Crippen LogP contribution is 2.20. The molecule has 0 spiro atoms. The molecule has 0 aromatic heterocycles. The third kappa shape index (κ3) is 6.81. The average molecular weight is 241 g/mol. The van der Waals surface area contributed by atoms with Gasteiger partial charge in [0.25, 0.3) is 0 Å². The molecule has 96 valence electrons. The van der Waals surface area contributed by atoms with Crippen molar-refractivity contribution in [2.75, 3.05) is 20.1 Å². The summed E-state index contributed by atoms with van der Waals surface area (Å²) in [5.41, 5.74) is 0. The molecule has 0 rings (SSSR count). The summed E-state index contributed by atoms with van der Waals surface area (Å²) in [7, 11) is 1.42. The fraction of sp³-hybridized carbons (Fsp3) is 0.800. The van der Waals surface area contributed by atoms with Gasteiger partial charge in [-0.15, -0.1) is 6.58 Å². The van der Waals surface area contributed by atoms with E-state index in [1.54, 1.807) is 6.08 Å². The maximum atomic E-state index is 12.0. The van der Waals surface area contributed by atoms with E-state index in [9.17, 15) is 18.3 Å². The third-order valence-electron chi connectivity index (χ3n) is 2.09. The van der Waals surface area contributed by atoms with Crippen molar-refractivity contribution in [2.24, 2.45) is 0 Å². The highest BCUT2D eigenvalue weighted by atomic mass is 19.4. The van der Waals surface area contributed by atoms with Crippen LogP contribution in [0.2, 0.25) is 0 Å². The normalized spacial score (nSPS) is 16.2. The molecule has 2 unspecified atom stereocenters. The molecule has 0 aromatic carbocycles. The van der Waals surface area contributed by atoms with Crippen LogP contribution in [0.15, 0.2) is 12.7 Å². The van der Waals surface area contributed by atoms with Crippen LogP contribution in [0, 0.1) is 0 Å². The predicted octanol–water partition coefficient (Wildman–Crippen LogP) is 1.17. The molecule has 0 aliphatic carbocycles. The Morgan fingerprint density at radius 1 is 1.31 bits per heavy atom. The van der Waals surface area contributed by atoms with Crippen molar-refractivity contribution in [2.45, 2.75) is 31.2 Å². The molecule has 16 heavy (non-hydrogen) atoms. The fourth-order valence-electron chi connectivity index (χ4n) is 1.23. The Kier molecular flexibility index (Phi) is 6.62. The van der Waals surface area contributed by atoms with Gasteiger partial charge in [-0.1, -0.05) is 6.08 Å². The van der Waals surface area contributed by atoms with Crippen LogP contribution in [0.1, 0.15) is 12.8 Å². The van der Waals surface area contributed by atoms with E-state index >= 15 is 0 Å². The lowest BCUT2D eigenvalue weighted by atomic mass is 10.2. The van der Waals surface area contributed by atoms with Gasteiger partial charge in [-0.25, -0.2) is 0 Å². The number of allylic oxidation sites excluding steroid dienone is 1. The smallest absolute Gasteiger partial charge is 0.392 e. The molecule has 0 bridgehead atoms. The minimum atomic E-state index is -4.61. The number of aliphatic hydroxyl groups excluding tert-OH is 2. The monoisotopic (exact) mass is 241 g/mol. The van der Waals surface area contributed by atoms with Crippen LogP contribution in [0.4, 0.5) is 13.2 Å². The second-order valence-electron chi connectivity index (χ2n) is 3.80. The second kappa shape index (κ2) is 6.88. The third-order valence-corrected chi connectivity index (χ3v) is 2.09. The van der Waals surface area contributed by atoms with Gasteiger partial charge in [0.15, 0.2) is 6.10 Å². The van der Waals surface area contributed by atoms with Gasteiger partial charge in [0.2, 0.25) is 0 Å². The number of likely N-dealkylation sites (N-methyl/N-ethyl adjacent to an activating group) is 1. The number of nitrogens with zero attached hydrogens (tertiary/aromatic N) is 1. The molecule has 0 saturated heterocycles. The summed E-state index contributed by atoms with van der Waals surface area (Å²) in [6.45, 7) is 3.04. The van der Waals surface area contributed by atoms with Gasteiger partial charge in [0, 0.05) is 13.1 Å². The van der Waals surface area contributed by atoms with E-state index in [-0.39, 0.29) is 6.54 Å². The molecule has 2 atom stereocenters. The summed E-state index contributed by atoms with van der Waals surface area (Å²) in [5.74, 6) is 0. The Bertz CT molecular complexity index is 209. The van der Waals surface area contributed by atoms with E-state index in [4.69, 9.17) is 5.11 Å². The largest absolute Gasteiger partial charge is 0.415 e. The van der Waals surface area contributed by atoms with Crippen LogP contribution in [-0.2, 0) is 0 Å². The van der Waals surface area contributed by atoms with Gasteiger partial charge in [0.1, 0.15) is 0 Å². The van der Waals surface area contributed by atoms with E-state index < -0.39 is 24.9 Å². The lowest BCUT2D eigenvalue weighted by Gasteiger charge is -2.24. The molecule has 2 N–H and O–H groups in total. The van der Waals surface area contributed by atoms with Gasteiger partial charge in [-0.3, -0.25) is 0 Å². The topological polar surface area (TPSA) is 43.7 Å². The first-order valence-electron chi connectivity index (χ1n) is 4.99. The molecule has 0 aromatic rings. The Morgan fingerprint density at radius 2 is 1.88 bits per heavy atom. The number of hydrogen-bond donors (Lipinski definition) is 2. The van der Waals surface area contributed by atoms with Gasteiger partial charge in [0.05, 0.1) is 6.10 Å². The summed E-state index contributed by atoms with van der Waals surface area (Å²) in [6, 6.07) is 0. The standard InChI is InChI=1S/C10H18F3NO2/c1-3-4-5-8(15)6-14(2)7-9(16)10(11,12)13/h3,8-9,15-16H,1,4-7H2,2H3. The molecule has 0 fully saturated rings. The summed E-state index contributed by atoms with van der Waals surface area (Å²) >= 11 is 0. The van der Waals surface area contributed by atoms with E-state index in [0.29, 0.717) is 12.8 Å². The van der Waals surface area contributed by atoms with Gasteiger partial charge < -0.3 is 15.1 Å². The van der Waals surface area contributed by atoms with Crippen molar-refractivity contribution in [1.29, 1.82) is 0 Å². The van der Waals surface area contributed by atoms with E-state index in [0.717, 1.165) is 0 Å². The van der Waals surface area contributed by atoms with Crippen LogP contribution in [0.25, 0.3) is 0 Å². The lowest BCUT2D eigenvalue weighted by Crippen LogP contribution is -2.41. The fourth-order valence-corrected chi connectivity index (χ4v) is 1.23. The second-order valence-corrected chi connectivity index (χ2v) is 3.80. The van der Waals surface area contributed by atoms with Crippen molar-refractivity contribution < 1.29 is 23.4 Å². The van der Waals surface area contributed by atoms with Crippen molar-refractivity contribution in [1.82, 2.24) is 4.90 Å². The molecule has 0 heterocycles. The Hall–Kier alpha value is -0.590. The molecule has 0 saturated carbocycles. The summed E-state index contributed by atoms with van der Waals surface area (Å²) in [6.07, 6.45) is -4.99. The van der Waals surface area contributed by atoms with E-state index in [2.05, 4.69) is 6.58 Å². The van der Waals surface area contributed by atoms with Gasteiger partial charge in [-0.2, -0.15) is 13.2 Å². The Labute approximate surface area is 93.2 Å². The van der Waals surface area contributed by atoms with Crippen LogP contribution < -0.4 is 0 Å². The van der Waals surface area contributed by atoms with Crippen molar-refractivity contribution in [3.05, 3.63) is 12.7 Å². The molecular weight excluding hydrogens is 223 g/mol. The number of rotatable bonds is 7. The average Bonchev–Trinajstić information content (AvgIpc) is 2.12. The first-order chi connectivity index (χ1) is 7.27. The first-order valence-corrected chi connectivity index (χ1v) is 4.99. The zero-order valence-corrected chi connectivity index (χ0v) is 9.24. The van der Waals surface area contributed by atoms with E-state index in [1.807, 2.05) is 0 Å². The minimum Gasteiger partial charge on any atom is -0.392 e. The van der Waals surface area contributed by atoms with Crippen molar-refractivity contribution in [3.8, 4) is 0 Å². The highest BCUT2D eigenvalue weighted by molar-refractivity contribution is 4.73. The molecule has 0 aliphatic rings. The number of hydrogen-bond acceptors (Lipinski definition) is 3. The first kappa shape index (κ1) is 15.4. The highest BCUT2D eigenvalue weighted by Gasteiger charge is 2.38. The quantitative estimate of drug-likeness (QED) is 0.658. The lowest BCUT2D eigenvalue weighted by molar-refractivity contribution is -0.207. The summed E-state index contributed by atoms with van der Waals surface area (Å²) in [4.78, 5) is 1.26. The van der Waals surface area contributed by atoms with Crippen LogP contribution in [0.5, 0.6) is 0 Å². The predicted molar refractivity (Wildman–Crippen MR) is 55.0 cm³/mol.